The minimum absolute atomic E-state index is 0.167. The molecule has 6 heteroatoms. The van der Waals surface area contributed by atoms with Crippen LogP contribution in [0.3, 0.4) is 0 Å². The fourth-order valence-electron chi connectivity index (χ4n) is 2.49. The Balaban J connectivity index is 1.70. The van der Waals surface area contributed by atoms with Gasteiger partial charge >= 0.3 is 0 Å². The third kappa shape index (κ3) is 4.55. The molecule has 0 aliphatic rings. The molecule has 2 aromatic carbocycles. The van der Waals surface area contributed by atoms with Crippen molar-refractivity contribution in [3.05, 3.63) is 71.0 Å². The SMILES string of the molecule is CCn1c(SCc2ccc(Cl)cc2)nnc1C(C)Oc1ccccc1. The molecular weight excluding hydrogens is 354 g/mol. The molecule has 1 aromatic heterocycles. The zero-order valence-electron chi connectivity index (χ0n) is 14.2. The number of benzene rings is 2. The quantitative estimate of drug-likeness (QED) is 0.521. The molecule has 0 bridgehead atoms. The van der Waals surface area contributed by atoms with Gasteiger partial charge in [-0.1, -0.05) is 53.7 Å². The van der Waals surface area contributed by atoms with E-state index in [2.05, 4.69) is 21.7 Å². The van der Waals surface area contributed by atoms with Crippen molar-refractivity contribution in [3.63, 3.8) is 0 Å². The van der Waals surface area contributed by atoms with Crippen molar-refractivity contribution in [2.45, 2.75) is 37.4 Å². The molecule has 0 radical (unpaired) electrons. The van der Waals surface area contributed by atoms with Gasteiger partial charge in [0.15, 0.2) is 17.1 Å². The van der Waals surface area contributed by atoms with E-state index in [1.807, 2.05) is 61.5 Å². The Kier molecular flexibility index (Phi) is 6.00. The summed E-state index contributed by atoms with van der Waals surface area (Å²) in [7, 11) is 0. The molecular formula is C19H20ClN3OS. The maximum Gasteiger partial charge on any atom is 0.191 e. The van der Waals surface area contributed by atoms with Gasteiger partial charge in [-0.2, -0.15) is 0 Å². The minimum Gasteiger partial charge on any atom is -0.483 e. The molecule has 0 saturated heterocycles. The van der Waals surface area contributed by atoms with Crippen molar-refractivity contribution in [3.8, 4) is 5.75 Å². The molecule has 4 nitrogen and oxygen atoms in total. The third-order valence-electron chi connectivity index (χ3n) is 3.76. The molecule has 3 rings (SSSR count). The van der Waals surface area contributed by atoms with Crippen molar-refractivity contribution in [2.75, 3.05) is 0 Å². The van der Waals surface area contributed by atoms with Gasteiger partial charge in [-0.3, -0.25) is 0 Å². The van der Waals surface area contributed by atoms with E-state index in [9.17, 15) is 0 Å². The zero-order chi connectivity index (χ0) is 17.6. The van der Waals surface area contributed by atoms with Crippen molar-refractivity contribution in [1.29, 1.82) is 0 Å². The van der Waals surface area contributed by atoms with E-state index >= 15 is 0 Å². The lowest BCUT2D eigenvalue weighted by molar-refractivity contribution is 0.210. The third-order valence-corrected chi connectivity index (χ3v) is 5.05. The first kappa shape index (κ1) is 17.8. The molecule has 130 valence electrons. The minimum atomic E-state index is -0.167. The number of thioether (sulfide) groups is 1. The van der Waals surface area contributed by atoms with Crippen LogP contribution >= 0.6 is 23.4 Å². The molecule has 0 saturated carbocycles. The average Bonchev–Trinajstić information content (AvgIpc) is 3.05. The van der Waals surface area contributed by atoms with Gasteiger partial charge in [-0.25, -0.2) is 0 Å². The van der Waals surface area contributed by atoms with Crippen LogP contribution in [0.2, 0.25) is 5.02 Å². The summed E-state index contributed by atoms with van der Waals surface area (Å²) in [5, 5.41) is 10.4. The molecule has 25 heavy (non-hydrogen) atoms. The molecule has 0 fully saturated rings. The van der Waals surface area contributed by atoms with E-state index in [0.717, 1.165) is 34.1 Å². The Morgan fingerprint density at radius 3 is 2.48 bits per heavy atom. The van der Waals surface area contributed by atoms with E-state index in [-0.39, 0.29) is 6.10 Å². The number of hydrogen-bond acceptors (Lipinski definition) is 4. The first-order chi connectivity index (χ1) is 12.2. The molecule has 0 aliphatic heterocycles. The highest BCUT2D eigenvalue weighted by molar-refractivity contribution is 7.98. The van der Waals surface area contributed by atoms with Gasteiger partial charge in [-0.05, 0) is 43.7 Å². The summed E-state index contributed by atoms with van der Waals surface area (Å²) in [5.41, 5.74) is 1.20. The molecule has 0 aliphatic carbocycles. The molecule has 0 N–H and O–H groups in total. The first-order valence-electron chi connectivity index (χ1n) is 8.19. The van der Waals surface area contributed by atoms with Gasteiger partial charge in [0.25, 0.3) is 0 Å². The van der Waals surface area contributed by atoms with E-state index in [1.165, 1.54) is 5.56 Å². The number of hydrogen-bond donors (Lipinski definition) is 0. The number of ether oxygens (including phenoxy) is 1. The van der Waals surface area contributed by atoms with Crippen LogP contribution in [-0.2, 0) is 12.3 Å². The predicted molar refractivity (Wildman–Crippen MR) is 102 cm³/mol. The molecule has 1 unspecified atom stereocenters. The van der Waals surface area contributed by atoms with Gasteiger partial charge in [0.2, 0.25) is 0 Å². The molecule has 0 amide bonds. The number of rotatable bonds is 7. The highest BCUT2D eigenvalue weighted by Gasteiger charge is 2.18. The van der Waals surface area contributed by atoms with Crippen molar-refractivity contribution < 1.29 is 4.74 Å². The van der Waals surface area contributed by atoms with Gasteiger partial charge in [0, 0.05) is 17.3 Å². The maximum atomic E-state index is 5.98. The van der Waals surface area contributed by atoms with E-state index in [4.69, 9.17) is 16.3 Å². The average molecular weight is 374 g/mol. The van der Waals surface area contributed by atoms with E-state index < -0.39 is 0 Å². The second-order valence-electron chi connectivity index (χ2n) is 5.57. The lowest BCUT2D eigenvalue weighted by Crippen LogP contribution is -2.11. The number of aromatic nitrogens is 3. The normalized spacial score (nSPS) is 12.1. The Hall–Kier alpha value is -1.98. The summed E-state index contributed by atoms with van der Waals surface area (Å²) in [6, 6.07) is 17.6. The highest BCUT2D eigenvalue weighted by atomic mass is 35.5. The summed E-state index contributed by atoms with van der Waals surface area (Å²) in [6.07, 6.45) is -0.167. The van der Waals surface area contributed by atoms with Crippen molar-refractivity contribution in [2.24, 2.45) is 0 Å². The first-order valence-corrected chi connectivity index (χ1v) is 9.55. The number of nitrogens with zero attached hydrogens (tertiary/aromatic N) is 3. The molecule has 1 atom stereocenters. The molecule has 3 aromatic rings. The summed E-state index contributed by atoms with van der Waals surface area (Å²) < 4.78 is 8.09. The Morgan fingerprint density at radius 1 is 1.08 bits per heavy atom. The number of halogens is 1. The smallest absolute Gasteiger partial charge is 0.191 e. The Bertz CT molecular complexity index is 805. The fourth-order valence-corrected chi connectivity index (χ4v) is 3.58. The second-order valence-corrected chi connectivity index (χ2v) is 6.95. The lowest BCUT2D eigenvalue weighted by Gasteiger charge is -2.15. The standard InChI is InChI=1S/C19H20ClN3OS/c1-3-23-18(14(2)24-17-7-5-4-6-8-17)21-22-19(23)25-13-15-9-11-16(20)12-10-15/h4-12,14H,3,13H2,1-2H3. The van der Waals surface area contributed by atoms with E-state index in [1.54, 1.807) is 11.8 Å². The van der Waals surface area contributed by atoms with Crippen molar-refractivity contribution in [1.82, 2.24) is 14.8 Å². The van der Waals surface area contributed by atoms with Gasteiger partial charge in [0.05, 0.1) is 0 Å². The maximum absolute atomic E-state index is 5.98. The van der Waals surface area contributed by atoms with Crippen LogP contribution in [0.1, 0.15) is 31.3 Å². The van der Waals surface area contributed by atoms with Crippen LogP contribution in [0.4, 0.5) is 0 Å². The number of para-hydroxylation sites is 1. The van der Waals surface area contributed by atoms with E-state index in [0.29, 0.717) is 0 Å². The monoisotopic (exact) mass is 373 g/mol. The highest BCUT2D eigenvalue weighted by Crippen LogP contribution is 2.26. The van der Waals surface area contributed by atoms with Crippen LogP contribution in [-0.4, -0.2) is 14.8 Å². The molecule has 0 spiro atoms. The largest absolute Gasteiger partial charge is 0.483 e. The Labute approximate surface area is 157 Å². The van der Waals surface area contributed by atoms with Gasteiger partial charge in [-0.15, -0.1) is 10.2 Å². The predicted octanol–water partition coefficient (Wildman–Crippen LogP) is 5.38. The summed E-state index contributed by atoms with van der Waals surface area (Å²) >= 11 is 7.60. The van der Waals surface area contributed by atoms with Crippen LogP contribution < -0.4 is 4.74 Å². The Morgan fingerprint density at radius 2 is 1.80 bits per heavy atom. The fraction of sp³-hybridized carbons (Fsp3) is 0.263. The summed E-state index contributed by atoms with van der Waals surface area (Å²) in [6.45, 7) is 4.89. The summed E-state index contributed by atoms with van der Waals surface area (Å²) in [5.74, 6) is 2.49. The van der Waals surface area contributed by atoms with Crippen LogP contribution in [0, 0.1) is 0 Å². The topological polar surface area (TPSA) is 39.9 Å². The lowest BCUT2D eigenvalue weighted by atomic mass is 10.2. The second kappa shape index (κ2) is 8.41. The summed E-state index contributed by atoms with van der Waals surface area (Å²) in [4.78, 5) is 0. The van der Waals surface area contributed by atoms with Crippen LogP contribution in [0.5, 0.6) is 5.75 Å². The van der Waals surface area contributed by atoms with Crippen LogP contribution in [0.25, 0.3) is 0 Å². The van der Waals surface area contributed by atoms with Gasteiger partial charge < -0.3 is 9.30 Å². The van der Waals surface area contributed by atoms with Gasteiger partial charge in [0.1, 0.15) is 5.75 Å². The zero-order valence-corrected chi connectivity index (χ0v) is 15.8. The van der Waals surface area contributed by atoms with Crippen molar-refractivity contribution >= 4 is 23.4 Å². The van der Waals surface area contributed by atoms with Crippen LogP contribution in [0.15, 0.2) is 59.8 Å². The molecule has 1 heterocycles.